The second kappa shape index (κ2) is 6.99. The number of amides is 1. The van der Waals surface area contributed by atoms with Gasteiger partial charge in [0.25, 0.3) is 5.91 Å². The largest absolute Gasteiger partial charge is 0.448 e. The molecule has 1 heterocycles. The van der Waals surface area contributed by atoms with E-state index in [1.807, 2.05) is 6.07 Å². The Morgan fingerprint density at radius 3 is 2.55 bits per heavy atom. The van der Waals surface area contributed by atoms with E-state index in [1.54, 1.807) is 36.4 Å². The highest BCUT2D eigenvalue weighted by Crippen LogP contribution is 2.10. The second-order valence-corrected chi connectivity index (χ2v) is 4.44. The topological polar surface area (TPSA) is 92.1 Å². The number of aromatic nitrogens is 1. The number of rotatable bonds is 4. The van der Waals surface area contributed by atoms with E-state index in [-0.39, 0.29) is 5.69 Å². The standard InChI is InChI=1S/C16H13N3O3/c1-11(22-16(21)14-4-2-3-9-18-14)15(20)19-13-7-5-12(10-17)6-8-13/h2-9,11H,1H3,(H,19,20)/t11-/m0/s1. The predicted molar refractivity (Wildman–Crippen MR) is 78.9 cm³/mol. The van der Waals surface area contributed by atoms with Crippen LogP contribution in [0.4, 0.5) is 5.69 Å². The molecule has 1 N–H and O–H groups in total. The van der Waals surface area contributed by atoms with E-state index in [2.05, 4.69) is 10.3 Å². The normalized spacial score (nSPS) is 11.1. The lowest BCUT2D eigenvalue weighted by Gasteiger charge is -2.13. The van der Waals surface area contributed by atoms with Crippen LogP contribution in [-0.4, -0.2) is 23.0 Å². The summed E-state index contributed by atoms with van der Waals surface area (Å²) in [7, 11) is 0. The molecule has 1 aromatic heterocycles. The van der Waals surface area contributed by atoms with Crippen molar-refractivity contribution >= 4 is 17.6 Å². The highest BCUT2D eigenvalue weighted by molar-refractivity contribution is 5.96. The molecule has 6 heteroatoms. The molecule has 0 spiro atoms. The van der Waals surface area contributed by atoms with Crippen molar-refractivity contribution in [1.82, 2.24) is 4.98 Å². The van der Waals surface area contributed by atoms with Gasteiger partial charge in [0.15, 0.2) is 6.10 Å². The van der Waals surface area contributed by atoms with Crippen molar-refractivity contribution in [3.05, 3.63) is 59.9 Å². The number of nitrogens with one attached hydrogen (secondary N) is 1. The number of hydrogen-bond donors (Lipinski definition) is 1. The van der Waals surface area contributed by atoms with E-state index < -0.39 is 18.0 Å². The quantitative estimate of drug-likeness (QED) is 0.872. The van der Waals surface area contributed by atoms with Gasteiger partial charge in [0, 0.05) is 11.9 Å². The summed E-state index contributed by atoms with van der Waals surface area (Å²) in [6.45, 7) is 1.47. The highest BCUT2D eigenvalue weighted by Gasteiger charge is 2.19. The van der Waals surface area contributed by atoms with Crippen molar-refractivity contribution in [2.75, 3.05) is 5.32 Å². The zero-order valence-electron chi connectivity index (χ0n) is 11.8. The molecule has 0 saturated carbocycles. The third-order valence-corrected chi connectivity index (χ3v) is 2.81. The van der Waals surface area contributed by atoms with Gasteiger partial charge >= 0.3 is 5.97 Å². The molecule has 0 radical (unpaired) electrons. The molecule has 6 nitrogen and oxygen atoms in total. The first-order chi connectivity index (χ1) is 10.6. The maximum atomic E-state index is 12.0. The van der Waals surface area contributed by atoms with Gasteiger partial charge in [-0.3, -0.25) is 4.79 Å². The van der Waals surface area contributed by atoms with E-state index >= 15 is 0 Å². The average Bonchev–Trinajstić information content (AvgIpc) is 2.56. The van der Waals surface area contributed by atoms with Gasteiger partial charge in [-0.1, -0.05) is 6.07 Å². The zero-order chi connectivity index (χ0) is 15.9. The number of pyridine rings is 1. The molecule has 2 aromatic rings. The van der Waals surface area contributed by atoms with E-state index in [9.17, 15) is 9.59 Å². The van der Waals surface area contributed by atoms with Gasteiger partial charge in [-0.05, 0) is 43.3 Å². The van der Waals surface area contributed by atoms with Crippen LogP contribution in [0.15, 0.2) is 48.7 Å². The van der Waals surface area contributed by atoms with Gasteiger partial charge in [0.05, 0.1) is 11.6 Å². The molecule has 22 heavy (non-hydrogen) atoms. The Bertz CT molecular complexity index is 706. The number of carbonyl (C=O) groups is 2. The Kier molecular flexibility index (Phi) is 4.83. The Morgan fingerprint density at radius 2 is 1.95 bits per heavy atom. The van der Waals surface area contributed by atoms with Gasteiger partial charge in [-0.2, -0.15) is 5.26 Å². The monoisotopic (exact) mass is 295 g/mol. The van der Waals surface area contributed by atoms with E-state index in [1.165, 1.54) is 19.2 Å². The Morgan fingerprint density at radius 1 is 1.23 bits per heavy atom. The Hall–Kier alpha value is -3.20. The first kappa shape index (κ1) is 15.2. The smallest absolute Gasteiger partial charge is 0.357 e. The van der Waals surface area contributed by atoms with E-state index in [0.29, 0.717) is 11.3 Å². The second-order valence-electron chi connectivity index (χ2n) is 4.44. The van der Waals surface area contributed by atoms with Crippen LogP contribution in [0.5, 0.6) is 0 Å². The number of ether oxygens (including phenoxy) is 1. The number of carbonyl (C=O) groups excluding carboxylic acids is 2. The van der Waals surface area contributed by atoms with Crippen LogP contribution >= 0.6 is 0 Å². The van der Waals surface area contributed by atoms with Gasteiger partial charge in [-0.25, -0.2) is 9.78 Å². The summed E-state index contributed by atoms with van der Waals surface area (Å²) in [5, 5.41) is 11.3. The zero-order valence-corrected chi connectivity index (χ0v) is 11.8. The fraction of sp³-hybridized carbons (Fsp3) is 0.125. The summed E-state index contributed by atoms with van der Waals surface area (Å²) in [4.78, 5) is 27.6. The summed E-state index contributed by atoms with van der Waals surface area (Å²) in [5.41, 5.74) is 1.15. The number of nitrogens with zero attached hydrogens (tertiary/aromatic N) is 2. The summed E-state index contributed by atoms with van der Waals surface area (Å²) in [6, 6.07) is 13.2. The lowest BCUT2D eigenvalue weighted by atomic mass is 10.2. The molecule has 2 rings (SSSR count). The fourth-order valence-corrected chi connectivity index (χ4v) is 1.63. The molecule has 110 valence electrons. The maximum absolute atomic E-state index is 12.0. The highest BCUT2D eigenvalue weighted by atomic mass is 16.5. The number of benzene rings is 1. The Balaban J connectivity index is 1.94. The molecule has 0 fully saturated rings. The van der Waals surface area contributed by atoms with E-state index in [4.69, 9.17) is 10.00 Å². The molecule has 0 aliphatic rings. The first-order valence-corrected chi connectivity index (χ1v) is 6.53. The van der Waals surface area contributed by atoms with Crippen molar-refractivity contribution in [3.63, 3.8) is 0 Å². The minimum absolute atomic E-state index is 0.139. The van der Waals surface area contributed by atoms with Crippen LogP contribution in [0.2, 0.25) is 0 Å². The summed E-state index contributed by atoms with van der Waals surface area (Å²) in [6.07, 6.45) is 0.503. The van der Waals surface area contributed by atoms with Crippen LogP contribution in [0.1, 0.15) is 23.0 Å². The van der Waals surface area contributed by atoms with Crippen LogP contribution in [-0.2, 0) is 9.53 Å². The van der Waals surface area contributed by atoms with Crippen LogP contribution in [0, 0.1) is 11.3 Å². The van der Waals surface area contributed by atoms with Crippen molar-refractivity contribution in [1.29, 1.82) is 5.26 Å². The molecule has 0 saturated heterocycles. The molecule has 1 amide bonds. The molecule has 1 atom stereocenters. The van der Waals surface area contributed by atoms with Crippen molar-refractivity contribution in [3.8, 4) is 6.07 Å². The third-order valence-electron chi connectivity index (χ3n) is 2.81. The van der Waals surface area contributed by atoms with Gasteiger partial charge < -0.3 is 10.1 Å². The lowest BCUT2D eigenvalue weighted by Crippen LogP contribution is -2.30. The Labute approximate surface area is 127 Å². The summed E-state index contributed by atoms with van der Waals surface area (Å²) < 4.78 is 5.05. The minimum atomic E-state index is -0.967. The molecule has 0 bridgehead atoms. The van der Waals surface area contributed by atoms with Crippen LogP contribution in [0.3, 0.4) is 0 Å². The van der Waals surface area contributed by atoms with Crippen molar-refractivity contribution < 1.29 is 14.3 Å². The van der Waals surface area contributed by atoms with Gasteiger partial charge in [0.1, 0.15) is 5.69 Å². The number of esters is 1. The third kappa shape index (κ3) is 3.90. The molecule has 1 aromatic carbocycles. The number of anilines is 1. The predicted octanol–water partition coefficient (Wildman–Crippen LogP) is 2.14. The average molecular weight is 295 g/mol. The molecular formula is C16H13N3O3. The first-order valence-electron chi connectivity index (χ1n) is 6.53. The number of hydrogen-bond acceptors (Lipinski definition) is 5. The van der Waals surface area contributed by atoms with E-state index in [0.717, 1.165) is 0 Å². The molecule has 0 aliphatic heterocycles. The maximum Gasteiger partial charge on any atom is 0.357 e. The minimum Gasteiger partial charge on any atom is -0.448 e. The van der Waals surface area contributed by atoms with Gasteiger partial charge in [0.2, 0.25) is 0 Å². The SMILES string of the molecule is C[C@H](OC(=O)c1ccccn1)C(=O)Nc1ccc(C#N)cc1. The van der Waals surface area contributed by atoms with Crippen molar-refractivity contribution in [2.24, 2.45) is 0 Å². The fourth-order valence-electron chi connectivity index (χ4n) is 1.63. The molecular weight excluding hydrogens is 282 g/mol. The molecule has 0 aliphatic carbocycles. The van der Waals surface area contributed by atoms with Gasteiger partial charge in [-0.15, -0.1) is 0 Å². The molecule has 0 unspecified atom stereocenters. The summed E-state index contributed by atoms with van der Waals surface area (Å²) in [5.74, 6) is -1.13. The lowest BCUT2D eigenvalue weighted by molar-refractivity contribution is -0.123. The number of nitriles is 1. The van der Waals surface area contributed by atoms with Crippen LogP contribution in [0.25, 0.3) is 0 Å². The van der Waals surface area contributed by atoms with Crippen molar-refractivity contribution in [2.45, 2.75) is 13.0 Å². The van der Waals surface area contributed by atoms with Crippen LogP contribution < -0.4 is 5.32 Å². The summed E-state index contributed by atoms with van der Waals surface area (Å²) >= 11 is 0.